The molecule has 0 aromatic carbocycles. The predicted molar refractivity (Wildman–Crippen MR) is 45.2 cm³/mol. The highest BCUT2D eigenvalue weighted by Gasteiger charge is 2.16. The minimum atomic E-state index is -0.573. The molecule has 60 valence electrons. The van der Waals surface area contributed by atoms with E-state index in [1.807, 2.05) is 11.4 Å². The van der Waals surface area contributed by atoms with E-state index in [-0.39, 0.29) is 0 Å². The average molecular weight is 191 g/mol. The van der Waals surface area contributed by atoms with Gasteiger partial charge in [-0.3, -0.25) is 4.79 Å². The summed E-state index contributed by atoms with van der Waals surface area (Å²) in [5.41, 5.74) is 5.06. The third-order valence-corrected chi connectivity index (χ3v) is 2.38. The van der Waals surface area contributed by atoms with Crippen LogP contribution in [-0.2, 0) is 4.79 Å². The molecule has 0 spiro atoms. The van der Waals surface area contributed by atoms with E-state index in [9.17, 15) is 4.79 Å². The number of carbonyl (C=O) groups excluding carboxylic acids is 1. The first kappa shape index (κ1) is 8.52. The van der Waals surface area contributed by atoms with Crippen molar-refractivity contribution in [3.8, 4) is 0 Å². The summed E-state index contributed by atoms with van der Waals surface area (Å²) in [6, 6.07) is 3.07. The van der Waals surface area contributed by atoms with Gasteiger partial charge in [0.2, 0.25) is 5.91 Å². The molecule has 1 atom stereocenters. The molecule has 1 heterocycles. The van der Waals surface area contributed by atoms with Crippen molar-refractivity contribution in [1.82, 2.24) is 4.84 Å². The molecule has 0 unspecified atom stereocenters. The Kier molecular flexibility index (Phi) is 2.87. The molecule has 0 radical (unpaired) electrons. The number of nitrogens with two attached hydrogens (primary N) is 1. The first-order valence-corrected chi connectivity index (χ1v) is 4.20. The smallest absolute Gasteiger partial charge is 0.241 e. The van der Waals surface area contributed by atoms with Crippen LogP contribution in [0.5, 0.6) is 0 Å². The molecular weight excluding hydrogens is 184 g/mol. The second kappa shape index (κ2) is 3.71. The van der Waals surface area contributed by atoms with E-state index < -0.39 is 11.9 Å². The summed E-state index contributed by atoms with van der Waals surface area (Å²) in [7, 11) is 0. The zero-order valence-corrected chi connectivity index (χ0v) is 7.15. The first-order valence-electron chi connectivity index (χ1n) is 2.94. The third kappa shape index (κ3) is 1.92. The van der Waals surface area contributed by atoms with Gasteiger partial charge in [0.25, 0.3) is 0 Å². The summed E-state index contributed by atoms with van der Waals surface area (Å²) in [5.74, 6) is -0.470. The molecule has 1 aromatic heterocycles. The van der Waals surface area contributed by atoms with Gasteiger partial charge in [-0.2, -0.15) is 0 Å². The van der Waals surface area contributed by atoms with E-state index in [1.54, 1.807) is 6.07 Å². The quantitative estimate of drug-likeness (QED) is 0.700. The van der Waals surface area contributed by atoms with Crippen LogP contribution >= 0.6 is 23.1 Å². The van der Waals surface area contributed by atoms with Gasteiger partial charge in [0.15, 0.2) is 0 Å². The van der Waals surface area contributed by atoms with Gasteiger partial charge in [0.1, 0.15) is 6.04 Å². The van der Waals surface area contributed by atoms with Gasteiger partial charge in [-0.15, -0.1) is 11.3 Å². The normalized spacial score (nSPS) is 12.8. The Morgan fingerprint density at radius 3 is 2.91 bits per heavy atom. The van der Waals surface area contributed by atoms with Gasteiger partial charge in [-0.25, -0.2) is 4.84 Å². The van der Waals surface area contributed by atoms with Crippen molar-refractivity contribution in [1.29, 1.82) is 0 Å². The lowest BCUT2D eigenvalue weighted by molar-refractivity contribution is -0.119. The maximum atomic E-state index is 10.7. The van der Waals surface area contributed by atoms with Crippen LogP contribution in [0.25, 0.3) is 0 Å². The highest BCUT2D eigenvalue weighted by Crippen LogP contribution is 2.18. The molecule has 0 aliphatic heterocycles. The number of halogens is 1. The van der Waals surface area contributed by atoms with E-state index in [0.717, 1.165) is 4.88 Å². The van der Waals surface area contributed by atoms with E-state index in [1.165, 1.54) is 11.3 Å². The molecule has 5 heteroatoms. The minimum Gasteiger partial charge on any atom is -0.368 e. The van der Waals surface area contributed by atoms with Gasteiger partial charge in [-0.1, -0.05) is 6.07 Å². The van der Waals surface area contributed by atoms with Crippen molar-refractivity contribution >= 4 is 29.0 Å². The fraction of sp³-hybridized carbons (Fsp3) is 0.167. The Bertz CT molecular complexity index is 237. The predicted octanol–water partition coefficient (Wildman–Crippen LogP) is 1.02. The van der Waals surface area contributed by atoms with Crippen molar-refractivity contribution in [2.75, 3.05) is 0 Å². The van der Waals surface area contributed by atoms with Crippen LogP contribution in [0.15, 0.2) is 17.5 Å². The van der Waals surface area contributed by atoms with Crippen LogP contribution in [0.1, 0.15) is 10.9 Å². The summed E-state index contributed by atoms with van der Waals surface area (Å²) in [4.78, 5) is 13.8. The number of carbonyl (C=O) groups is 1. The molecule has 1 aromatic rings. The summed E-state index contributed by atoms with van der Waals surface area (Å²) in [5, 5.41) is 1.86. The van der Waals surface area contributed by atoms with Crippen molar-refractivity contribution < 1.29 is 4.79 Å². The van der Waals surface area contributed by atoms with Crippen LogP contribution in [-0.4, -0.2) is 5.91 Å². The highest BCUT2D eigenvalue weighted by atomic mass is 35.5. The summed E-state index contributed by atoms with van der Waals surface area (Å²) in [6.07, 6.45) is 0. The number of nitrogens with one attached hydrogen (secondary N) is 1. The molecule has 1 rings (SSSR count). The molecule has 11 heavy (non-hydrogen) atoms. The number of primary amides is 1. The highest BCUT2D eigenvalue weighted by molar-refractivity contribution is 7.10. The minimum absolute atomic E-state index is 0.470. The van der Waals surface area contributed by atoms with Gasteiger partial charge in [0, 0.05) is 4.88 Å². The number of hydrogen-bond donors (Lipinski definition) is 2. The van der Waals surface area contributed by atoms with Crippen molar-refractivity contribution in [2.24, 2.45) is 5.73 Å². The molecule has 0 bridgehead atoms. The molecule has 0 aliphatic carbocycles. The second-order valence-electron chi connectivity index (χ2n) is 1.96. The number of hydrogen-bond acceptors (Lipinski definition) is 3. The zero-order valence-electron chi connectivity index (χ0n) is 5.58. The topological polar surface area (TPSA) is 55.1 Å². The summed E-state index contributed by atoms with van der Waals surface area (Å²) in [6.45, 7) is 0. The van der Waals surface area contributed by atoms with Crippen molar-refractivity contribution in [2.45, 2.75) is 6.04 Å². The second-order valence-corrected chi connectivity index (χ2v) is 3.16. The SMILES string of the molecule is NC(=O)[C@H](NCl)c1cccs1. The Labute approximate surface area is 73.3 Å². The Balaban J connectivity index is 2.79. The van der Waals surface area contributed by atoms with Crippen LogP contribution < -0.4 is 10.6 Å². The van der Waals surface area contributed by atoms with Crippen LogP contribution in [0.2, 0.25) is 0 Å². The monoisotopic (exact) mass is 190 g/mol. The average Bonchev–Trinajstić information content (AvgIpc) is 2.40. The summed E-state index contributed by atoms with van der Waals surface area (Å²) < 4.78 is 0. The fourth-order valence-corrected chi connectivity index (χ4v) is 1.78. The van der Waals surface area contributed by atoms with Crippen molar-refractivity contribution in [3.05, 3.63) is 22.4 Å². The molecule has 0 aliphatic rings. The van der Waals surface area contributed by atoms with Gasteiger partial charge >= 0.3 is 0 Å². The molecule has 3 N–H and O–H groups in total. The maximum Gasteiger partial charge on any atom is 0.241 e. The number of rotatable bonds is 3. The molecule has 0 fully saturated rings. The fourth-order valence-electron chi connectivity index (χ4n) is 0.703. The molecule has 3 nitrogen and oxygen atoms in total. The number of thiophene rings is 1. The van der Waals surface area contributed by atoms with E-state index >= 15 is 0 Å². The molecule has 0 saturated heterocycles. The van der Waals surface area contributed by atoms with Crippen LogP contribution in [0, 0.1) is 0 Å². The van der Waals surface area contributed by atoms with Gasteiger partial charge in [0.05, 0.1) is 0 Å². The Hall–Kier alpha value is -0.580. The largest absolute Gasteiger partial charge is 0.368 e. The van der Waals surface area contributed by atoms with Gasteiger partial charge < -0.3 is 5.73 Å². The molecule has 0 saturated carbocycles. The summed E-state index contributed by atoms with van der Waals surface area (Å²) >= 11 is 6.75. The van der Waals surface area contributed by atoms with E-state index in [4.69, 9.17) is 17.5 Å². The molecular formula is C6H7ClN2OS. The molecule has 1 amide bonds. The first-order chi connectivity index (χ1) is 5.25. The number of amides is 1. The maximum absolute atomic E-state index is 10.7. The standard InChI is InChI=1S/C6H7ClN2OS/c7-9-5(6(8)10)4-2-1-3-11-4/h1-3,5,9H,(H2,8,10)/t5-/m1/s1. The van der Waals surface area contributed by atoms with Crippen LogP contribution in [0.3, 0.4) is 0 Å². The van der Waals surface area contributed by atoms with Crippen molar-refractivity contribution in [3.63, 3.8) is 0 Å². The Morgan fingerprint density at radius 2 is 2.55 bits per heavy atom. The van der Waals surface area contributed by atoms with E-state index in [0.29, 0.717) is 0 Å². The lowest BCUT2D eigenvalue weighted by atomic mass is 10.2. The Morgan fingerprint density at radius 1 is 1.82 bits per heavy atom. The zero-order chi connectivity index (χ0) is 8.27. The van der Waals surface area contributed by atoms with Gasteiger partial charge in [-0.05, 0) is 23.2 Å². The third-order valence-electron chi connectivity index (χ3n) is 1.22. The van der Waals surface area contributed by atoms with E-state index in [2.05, 4.69) is 4.84 Å². The lowest BCUT2D eigenvalue weighted by Gasteiger charge is -2.06. The van der Waals surface area contributed by atoms with Crippen LogP contribution in [0.4, 0.5) is 0 Å². The lowest BCUT2D eigenvalue weighted by Crippen LogP contribution is -2.27.